The van der Waals surface area contributed by atoms with Crippen LogP contribution in [0.5, 0.6) is 0 Å². The quantitative estimate of drug-likeness (QED) is 0.372. The van der Waals surface area contributed by atoms with Gasteiger partial charge in [0.1, 0.15) is 0 Å². The maximum atomic E-state index is 10.8. The molecule has 0 aliphatic heterocycles. The molecule has 1 unspecified atom stereocenters. The summed E-state index contributed by atoms with van der Waals surface area (Å²) in [5.74, 6) is 0. The number of hydrogen-bond acceptors (Lipinski definition) is 2. The van der Waals surface area contributed by atoms with Gasteiger partial charge in [-0.3, -0.25) is 4.98 Å². The number of nitrogens with zero attached hydrogens (tertiary/aromatic N) is 2. The van der Waals surface area contributed by atoms with Crippen LogP contribution in [0.1, 0.15) is 28.4 Å². The molecule has 3 aromatic rings. The van der Waals surface area contributed by atoms with Crippen LogP contribution < -0.4 is 0 Å². The normalized spacial score (nSPS) is 12.2. The van der Waals surface area contributed by atoms with Crippen LogP contribution in [-0.2, 0) is 0 Å². The maximum absolute atomic E-state index is 10.8. The molecular weight excluding hydrogens is 546 g/mol. The number of hydrogen-bond donors (Lipinski definition) is 1. The van der Waals surface area contributed by atoms with Crippen LogP contribution in [0.25, 0.3) is 5.41 Å². The van der Waals surface area contributed by atoms with Crippen molar-refractivity contribution in [3.05, 3.63) is 118 Å². The molecule has 0 radical (unpaired) electrons. The molecule has 0 saturated heterocycles. The van der Waals surface area contributed by atoms with Crippen LogP contribution in [-0.4, -0.2) is 15.8 Å². The van der Waals surface area contributed by atoms with Crippen molar-refractivity contribution in [1.29, 1.82) is 0 Å². The first-order valence-electron chi connectivity index (χ1n) is 8.05. The minimum Gasteiger partial charge on any atom is -0.854 e. The number of benzene rings is 2. The fourth-order valence-electron chi connectivity index (χ4n) is 2.51. The van der Waals surface area contributed by atoms with Crippen LogP contribution >= 0.6 is 0 Å². The first kappa shape index (κ1) is 20.3. The van der Waals surface area contributed by atoms with Gasteiger partial charge in [0.25, 0.3) is 0 Å². The van der Waals surface area contributed by atoms with Crippen LogP contribution in [0.3, 0.4) is 0 Å². The zero-order chi connectivity index (χ0) is 17.6. The molecule has 1 heterocycles. The minimum atomic E-state index is -1.03. The summed E-state index contributed by atoms with van der Waals surface area (Å²) >= 11 is 0. The second-order valence-electron chi connectivity index (χ2n) is 5.81. The molecule has 2 aromatic carbocycles. The number of aromatic nitrogens is 1. The summed E-state index contributed by atoms with van der Waals surface area (Å²) < 4.78 is 0. The van der Waals surface area contributed by atoms with Crippen LogP contribution in [0, 0.1) is 44.1 Å². The molecule has 0 aliphatic rings. The average molecular weight is 564 g/mol. The Morgan fingerprint density at radius 2 is 1.69 bits per heavy atom. The summed E-state index contributed by atoms with van der Waals surface area (Å²) in [7, 11) is 0. The largest absolute Gasteiger partial charge is 2.00 e. The van der Waals surface area contributed by atoms with Crippen molar-refractivity contribution in [3.63, 3.8) is 0 Å². The van der Waals surface area contributed by atoms with Crippen molar-refractivity contribution in [3.8, 4) is 0 Å². The second-order valence-corrected chi connectivity index (χ2v) is 5.81. The zero-order valence-electron chi connectivity index (χ0n) is 14.4. The van der Waals surface area contributed by atoms with E-state index in [1.165, 1.54) is 0 Å². The predicted molar refractivity (Wildman–Crippen MR) is 100 cm³/mol. The van der Waals surface area contributed by atoms with Gasteiger partial charge in [-0.2, -0.15) is 0 Å². The topological polar surface area (TPSA) is 55.4 Å². The van der Waals surface area contributed by atoms with Gasteiger partial charge in [0, 0.05) is 18.0 Å². The molecule has 26 heavy (non-hydrogen) atoms. The number of rotatable bonds is 5. The van der Waals surface area contributed by atoms with E-state index < -0.39 is 6.10 Å². The molecule has 1 N–H and O–H groups in total. The molecule has 0 fully saturated rings. The van der Waals surface area contributed by atoms with Gasteiger partial charge >= 0.3 is 31.1 Å². The molecule has 3 nitrogen and oxygen atoms in total. The minimum absolute atomic E-state index is 0. The third-order valence-corrected chi connectivity index (χ3v) is 3.91. The van der Waals surface area contributed by atoms with E-state index in [1.807, 2.05) is 49.4 Å². The van der Waals surface area contributed by atoms with Gasteiger partial charge in [-0.15, -0.1) is 41.5 Å². The van der Waals surface area contributed by atoms with E-state index >= 15 is 0 Å². The smallest absolute Gasteiger partial charge is 0.854 e. The standard InChI is InChI=1S/C22H18N2O.U/c1-16-9-11-17(12-10-16)14-20(21(23)18-6-3-2-4-7-18)22(25)19-8-5-13-24-15-19;/h2-13,15,22,25H,1H3;/q-2;+2. The van der Waals surface area contributed by atoms with Crippen molar-refractivity contribution in [2.45, 2.75) is 13.0 Å². The van der Waals surface area contributed by atoms with Crippen molar-refractivity contribution in [2.75, 3.05) is 0 Å². The van der Waals surface area contributed by atoms with Crippen LogP contribution in [0.15, 0.2) is 84.7 Å². The third kappa shape index (κ3) is 5.02. The Morgan fingerprint density at radius 1 is 1.00 bits per heavy atom. The Labute approximate surface area is 177 Å². The summed E-state index contributed by atoms with van der Waals surface area (Å²) in [6.07, 6.45) is 5.35. The summed E-state index contributed by atoms with van der Waals surface area (Å²) in [4.78, 5) is 4.05. The molecular formula is C22H18N2OU. The first-order valence-corrected chi connectivity index (χ1v) is 8.05. The zero-order valence-corrected chi connectivity index (χ0v) is 18.6. The van der Waals surface area contributed by atoms with Crippen molar-refractivity contribution in [2.24, 2.45) is 0 Å². The van der Waals surface area contributed by atoms with Crippen molar-refractivity contribution >= 4 is 5.71 Å². The summed E-state index contributed by atoms with van der Waals surface area (Å²) in [5, 5.41) is 21.6. The van der Waals surface area contributed by atoms with E-state index in [2.05, 4.69) is 11.1 Å². The van der Waals surface area contributed by atoms with E-state index in [9.17, 15) is 10.5 Å². The van der Waals surface area contributed by atoms with Crippen LogP contribution in [0.2, 0.25) is 0 Å². The SMILES string of the molecule is Cc1ccc([C-]=C(C(=[N-])c2ccccc2)C(O)c2cccnc2)cc1.[U+2]. The van der Waals surface area contributed by atoms with Crippen molar-refractivity contribution in [1.82, 2.24) is 4.98 Å². The summed E-state index contributed by atoms with van der Waals surface area (Å²) in [6.45, 7) is 2.01. The molecule has 1 aromatic heterocycles. The molecule has 0 spiro atoms. The maximum Gasteiger partial charge on any atom is 2.00 e. The average Bonchev–Trinajstić information content (AvgIpc) is 2.68. The van der Waals surface area contributed by atoms with Crippen LogP contribution in [0.4, 0.5) is 0 Å². The van der Waals surface area contributed by atoms with Gasteiger partial charge in [-0.25, -0.2) is 5.71 Å². The Morgan fingerprint density at radius 3 is 2.31 bits per heavy atom. The number of aliphatic hydroxyl groups excluding tert-OH is 1. The molecule has 1 atom stereocenters. The Balaban J connectivity index is 0.00000243. The molecule has 3 rings (SSSR count). The fraction of sp³-hybridized carbons (Fsp3) is 0.0909. The van der Waals surface area contributed by atoms with Gasteiger partial charge < -0.3 is 10.5 Å². The summed E-state index contributed by atoms with van der Waals surface area (Å²) in [5.41, 5.74) is 3.45. The van der Waals surface area contributed by atoms with E-state index in [1.54, 1.807) is 36.7 Å². The van der Waals surface area contributed by atoms with E-state index in [0.29, 0.717) is 16.7 Å². The number of pyridine rings is 1. The molecule has 0 saturated carbocycles. The van der Waals surface area contributed by atoms with Gasteiger partial charge in [0.15, 0.2) is 0 Å². The van der Waals surface area contributed by atoms with Gasteiger partial charge in [-0.1, -0.05) is 47.5 Å². The molecule has 0 bridgehead atoms. The van der Waals surface area contributed by atoms with Crippen molar-refractivity contribution < 1.29 is 36.2 Å². The fourth-order valence-corrected chi connectivity index (χ4v) is 2.51. The summed E-state index contributed by atoms with van der Waals surface area (Å²) in [6, 6.07) is 20.4. The molecule has 0 aliphatic carbocycles. The number of aliphatic hydroxyl groups is 1. The van der Waals surface area contributed by atoms with E-state index in [0.717, 1.165) is 11.1 Å². The Kier molecular flexibility index (Phi) is 7.53. The first-order chi connectivity index (χ1) is 12.1. The monoisotopic (exact) mass is 564 g/mol. The van der Waals surface area contributed by atoms with Gasteiger partial charge in [0.2, 0.25) is 0 Å². The Hall–Kier alpha value is -1.99. The van der Waals surface area contributed by atoms with E-state index in [-0.39, 0.29) is 36.8 Å². The van der Waals surface area contributed by atoms with Gasteiger partial charge in [0.05, 0.1) is 6.10 Å². The van der Waals surface area contributed by atoms with E-state index in [4.69, 9.17) is 0 Å². The predicted octanol–water partition coefficient (Wildman–Crippen LogP) is 4.26. The third-order valence-electron chi connectivity index (χ3n) is 3.91. The Bertz CT molecular complexity index is 875. The molecule has 126 valence electrons. The van der Waals surface area contributed by atoms with Gasteiger partial charge in [-0.05, 0) is 13.0 Å². The second kappa shape index (κ2) is 9.64. The molecule has 0 amide bonds. The molecule has 4 heteroatoms. The number of aryl methyl sites for hydroxylation is 1.